The number of hydrogen-bond acceptors (Lipinski definition) is 1. The Bertz CT molecular complexity index is 495. The standard InChI is InChI=1S/C17H19N/c1-14(18)13-17-11-9-16(10-12-17)8-7-15-5-3-2-4-6-15/h2-12,14H,13,18H2,1H3/b8-7+. The minimum Gasteiger partial charge on any atom is -0.328 e. The summed E-state index contributed by atoms with van der Waals surface area (Å²) in [6.07, 6.45) is 5.19. The molecule has 0 radical (unpaired) electrons. The molecule has 0 aromatic heterocycles. The molecule has 0 saturated carbocycles. The van der Waals surface area contributed by atoms with E-state index in [1.165, 1.54) is 16.7 Å². The van der Waals surface area contributed by atoms with Gasteiger partial charge in [0, 0.05) is 6.04 Å². The van der Waals surface area contributed by atoms with Crippen molar-refractivity contribution in [2.24, 2.45) is 5.73 Å². The SMILES string of the molecule is CC(N)Cc1ccc(/C=C/c2ccccc2)cc1. The molecule has 2 rings (SSSR count). The number of nitrogens with two attached hydrogens (primary N) is 1. The van der Waals surface area contributed by atoms with Gasteiger partial charge in [0.05, 0.1) is 0 Å². The van der Waals surface area contributed by atoms with Crippen LogP contribution < -0.4 is 5.73 Å². The quantitative estimate of drug-likeness (QED) is 0.805. The van der Waals surface area contributed by atoms with Crippen molar-refractivity contribution < 1.29 is 0 Å². The summed E-state index contributed by atoms with van der Waals surface area (Å²) >= 11 is 0. The molecule has 92 valence electrons. The molecule has 0 bridgehead atoms. The van der Waals surface area contributed by atoms with Crippen molar-refractivity contribution in [3.05, 3.63) is 71.3 Å². The van der Waals surface area contributed by atoms with E-state index in [-0.39, 0.29) is 6.04 Å². The lowest BCUT2D eigenvalue weighted by Gasteiger charge is -2.04. The predicted molar refractivity (Wildman–Crippen MR) is 79.2 cm³/mol. The summed E-state index contributed by atoms with van der Waals surface area (Å²) in [5.74, 6) is 0. The van der Waals surface area contributed by atoms with Crippen molar-refractivity contribution in [1.29, 1.82) is 0 Å². The van der Waals surface area contributed by atoms with Gasteiger partial charge in [0.2, 0.25) is 0 Å². The third-order valence-electron chi connectivity index (χ3n) is 2.81. The van der Waals surface area contributed by atoms with Gasteiger partial charge in [-0.2, -0.15) is 0 Å². The van der Waals surface area contributed by atoms with E-state index in [1.807, 2.05) is 25.1 Å². The van der Waals surface area contributed by atoms with E-state index in [1.54, 1.807) is 0 Å². The Labute approximate surface area is 109 Å². The fourth-order valence-electron chi connectivity index (χ4n) is 1.89. The normalized spacial score (nSPS) is 12.8. The third kappa shape index (κ3) is 3.86. The molecule has 2 aromatic rings. The van der Waals surface area contributed by atoms with Gasteiger partial charge in [0.25, 0.3) is 0 Å². The molecule has 0 spiro atoms. The van der Waals surface area contributed by atoms with Crippen LogP contribution in [0, 0.1) is 0 Å². The van der Waals surface area contributed by atoms with Gasteiger partial charge in [-0.05, 0) is 30.0 Å². The van der Waals surface area contributed by atoms with Crippen LogP contribution in [0.3, 0.4) is 0 Å². The molecule has 0 aliphatic carbocycles. The summed E-state index contributed by atoms with van der Waals surface area (Å²) in [4.78, 5) is 0. The van der Waals surface area contributed by atoms with E-state index in [0.29, 0.717) is 0 Å². The van der Waals surface area contributed by atoms with Gasteiger partial charge < -0.3 is 5.73 Å². The highest BCUT2D eigenvalue weighted by Crippen LogP contribution is 2.10. The monoisotopic (exact) mass is 237 g/mol. The zero-order valence-electron chi connectivity index (χ0n) is 10.7. The van der Waals surface area contributed by atoms with E-state index in [4.69, 9.17) is 5.73 Å². The number of rotatable bonds is 4. The molecule has 0 saturated heterocycles. The van der Waals surface area contributed by atoms with E-state index in [2.05, 4.69) is 48.6 Å². The second kappa shape index (κ2) is 6.18. The van der Waals surface area contributed by atoms with Gasteiger partial charge in [-0.1, -0.05) is 66.7 Å². The summed E-state index contributed by atoms with van der Waals surface area (Å²) in [6, 6.07) is 19.1. The molecule has 1 nitrogen and oxygen atoms in total. The number of benzene rings is 2. The fraction of sp³-hybridized carbons (Fsp3) is 0.176. The van der Waals surface area contributed by atoms with Crippen molar-refractivity contribution >= 4 is 12.2 Å². The topological polar surface area (TPSA) is 26.0 Å². The van der Waals surface area contributed by atoms with Crippen molar-refractivity contribution in [3.8, 4) is 0 Å². The molecule has 2 aromatic carbocycles. The van der Waals surface area contributed by atoms with E-state index >= 15 is 0 Å². The maximum atomic E-state index is 5.78. The molecular weight excluding hydrogens is 218 g/mol. The fourth-order valence-corrected chi connectivity index (χ4v) is 1.89. The zero-order valence-corrected chi connectivity index (χ0v) is 10.7. The van der Waals surface area contributed by atoms with Crippen LogP contribution in [0.25, 0.3) is 12.2 Å². The van der Waals surface area contributed by atoms with E-state index in [0.717, 1.165) is 6.42 Å². The van der Waals surface area contributed by atoms with Gasteiger partial charge in [0.15, 0.2) is 0 Å². The van der Waals surface area contributed by atoms with E-state index < -0.39 is 0 Å². The smallest absolute Gasteiger partial charge is 0.00509 e. The van der Waals surface area contributed by atoms with Crippen LogP contribution in [0.2, 0.25) is 0 Å². The molecule has 2 N–H and O–H groups in total. The maximum absolute atomic E-state index is 5.78. The Balaban J connectivity index is 2.04. The summed E-state index contributed by atoms with van der Waals surface area (Å²) in [5, 5.41) is 0. The molecule has 0 fully saturated rings. The average molecular weight is 237 g/mol. The van der Waals surface area contributed by atoms with Crippen LogP contribution in [-0.2, 0) is 6.42 Å². The summed E-state index contributed by atoms with van der Waals surface area (Å²) in [5.41, 5.74) is 9.51. The summed E-state index contributed by atoms with van der Waals surface area (Å²) in [6.45, 7) is 2.03. The second-order valence-corrected chi connectivity index (χ2v) is 4.67. The Morgan fingerprint density at radius 3 is 2.00 bits per heavy atom. The van der Waals surface area contributed by atoms with Gasteiger partial charge >= 0.3 is 0 Å². The van der Waals surface area contributed by atoms with Crippen molar-refractivity contribution in [3.63, 3.8) is 0 Å². The average Bonchev–Trinajstić information content (AvgIpc) is 2.38. The minimum absolute atomic E-state index is 0.218. The van der Waals surface area contributed by atoms with E-state index in [9.17, 15) is 0 Å². The Hall–Kier alpha value is -1.86. The van der Waals surface area contributed by atoms with Crippen molar-refractivity contribution in [1.82, 2.24) is 0 Å². The van der Waals surface area contributed by atoms with Crippen LogP contribution in [-0.4, -0.2) is 6.04 Å². The first-order chi connectivity index (χ1) is 8.74. The van der Waals surface area contributed by atoms with Crippen LogP contribution in [0.5, 0.6) is 0 Å². The molecule has 1 heteroatoms. The van der Waals surface area contributed by atoms with Crippen molar-refractivity contribution in [2.75, 3.05) is 0 Å². The van der Waals surface area contributed by atoms with Crippen LogP contribution in [0.4, 0.5) is 0 Å². The highest BCUT2D eigenvalue weighted by molar-refractivity contribution is 5.69. The molecule has 0 aliphatic rings. The molecule has 0 heterocycles. The van der Waals surface area contributed by atoms with Crippen LogP contribution in [0.15, 0.2) is 54.6 Å². The zero-order chi connectivity index (χ0) is 12.8. The summed E-state index contributed by atoms with van der Waals surface area (Å²) in [7, 11) is 0. The molecule has 1 unspecified atom stereocenters. The first kappa shape index (κ1) is 12.6. The van der Waals surface area contributed by atoms with Gasteiger partial charge in [-0.15, -0.1) is 0 Å². The first-order valence-corrected chi connectivity index (χ1v) is 6.32. The Morgan fingerprint density at radius 2 is 1.44 bits per heavy atom. The predicted octanol–water partition coefficient (Wildman–Crippen LogP) is 3.75. The minimum atomic E-state index is 0.218. The highest BCUT2D eigenvalue weighted by Gasteiger charge is 1.96. The van der Waals surface area contributed by atoms with Crippen LogP contribution >= 0.6 is 0 Å². The lowest BCUT2D eigenvalue weighted by Crippen LogP contribution is -2.17. The second-order valence-electron chi connectivity index (χ2n) is 4.67. The lowest BCUT2D eigenvalue weighted by molar-refractivity contribution is 0.738. The molecule has 0 amide bonds. The molecule has 18 heavy (non-hydrogen) atoms. The molecule has 1 atom stereocenters. The first-order valence-electron chi connectivity index (χ1n) is 6.32. The third-order valence-corrected chi connectivity index (χ3v) is 2.81. The summed E-state index contributed by atoms with van der Waals surface area (Å²) < 4.78 is 0. The Morgan fingerprint density at radius 1 is 0.889 bits per heavy atom. The number of hydrogen-bond donors (Lipinski definition) is 1. The Kier molecular flexibility index (Phi) is 4.32. The molecule has 0 aliphatic heterocycles. The van der Waals surface area contributed by atoms with Gasteiger partial charge in [-0.25, -0.2) is 0 Å². The lowest BCUT2D eigenvalue weighted by atomic mass is 10.0. The molecular formula is C17H19N. The largest absolute Gasteiger partial charge is 0.328 e. The van der Waals surface area contributed by atoms with Crippen LogP contribution in [0.1, 0.15) is 23.6 Å². The van der Waals surface area contributed by atoms with Gasteiger partial charge in [0.1, 0.15) is 0 Å². The maximum Gasteiger partial charge on any atom is 0.00509 e. The highest BCUT2D eigenvalue weighted by atomic mass is 14.6. The van der Waals surface area contributed by atoms with Crippen molar-refractivity contribution in [2.45, 2.75) is 19.4 Å². The van der Waals surface area contributed by atoms with Gasteiger partial charge in [-0.3, -0.25) is 0 Å².